The van der Waals surface area contributed by atoms with Crippen LogP contribution in [0.15, 0.2) is 0 Å². The highest BCUT2D eigenvalue weighted by atomic mass is 17.1. The fourth-order valence-corrected chi connectivity index (χ4v) is 2.77. The van der Waals surface area contributed by atoms with Gasteiger partial charge in [-0.15, -0.1) is 5.06 Å². The third kappa shape index (κ3) is 23.4. The molecule has 304 valence electrons. The van der Waals surface area contributed by atoms with Crippen molar-refractivity contribution < 1.29 is 68.8 Å². The lowest BCUT2D eigenvalue weighted by Gasteiger charge is -2.32. The van der Waals surface area contributed by atoms with Gasteiger partial charge in [-0.1, -0.05) is 7.43 Å². The number of rotatable bonds is 12. The Bertz CT molecular complexity index is 1140. The zero-order valence-corrected chi connectivity index (χ0v) is 31.7. The monoisotopic (exact) mass is 755 g/mol. The van der Waals surface area contributed by atoms with Gasteiger partial charge in [0.25, 0.3) is 23.6 Å². The van der Waals surface area contributed by atoms with E-state index >= 15 is 0 Å². The quantitative estimate of drug-likeness (QED) is 0.0713. The third-order valence-corrected chi connectivity index (χ3v) is 6.65. The molecule has 0 bridgehead atoms. The Hall–Kier alpha value is -4.12. The number of aliphatic carboxylic acids is 2. The van der Waals surface area contributed by atoms with E-state index in [1.807, 2.05) is 19.0 Å². The number of hydroxylamine groups is 4. The van der Waals surface area contributed by atoms with E-state index in [2.05, 4.69) is 15.0 Å². The Morgan fingerprint density at radius 1 is 0.731 bits per heavy atom. The van der Waals surface area contributed by atoms with E-state index in [0.29, 0.717) is 11.7 Å². The molecule has 2 fully saturated rings. The van der Waals surface area contributed by atoms with Crippen LogP contribution in [0.25, 0.3) is 0 Å². The Balaban J connectivity index is -0.000000284. The summed E-state index contributed by atoms with van der Waals surface area (Å²) in [5, 5.41) is 36.8. The number of amides is 5. The van der Waals surface area contributed by atoms with Gasteiger partial charge in [-0.2, -0.15) is 5.06 Å². The predicted molar refractivity (Wildman–Crippen MR) is 186 cm³/mol. The number of nitrogens with one attached hydrogen (secondary N) is 1. The lowest BCUT2D eigenvalue weighted by Crippen LogP contribution is -2.52. The van der Waals surface area contributed by atoms with Crippen LogP contribution in [0.5, 0.6) is 0 Å². The minimum absolute atomic E-state index is 0. The average Bonchev–Trinajstić information content (AvgIpc) is 3.49. The summed E-state index contributed by atoms with van der Waals surface area (Å²) in [6.45, 7) is 7.62. The Kier molecular flexibility index (Phi) is 28.0. The van der Waals surface area contributed by atoms with E-state index in [4.69, 9.17) is 20.7 Å². The Morgan fingerprint density at radius 2 is 1.13 bits per heavy atom. The van der Waals surface area contributed by atoms with Gasteiger partial charge >= 0.3 is 17.9 Å². The molecule has 0 aromatic carbocycles. The molecule has 2 saturated heterocycles. The van der Waals surface area contributed by atoms with Gasteiger partial charge < -0.3 is 35.1 Å². The van der Waals surface area contributed by atoms with Gasteiger partial charge in [0.1, 0.15) is 11.1 Å². The molecule has 52 heavy (non-hydrogen) atoms. The highest BCUT2D eigenvalue weighted by molar-refractivity contribution is 6.01. The van der Waals surface area contributed by atoms with Crippen molar-refractivity contribution >= 4 is 47.4 Å². The summed E-state index contributed by atoms with van der Waals surface area (Å²) in [7, 11) is 13.9. The molecule has 5 amide bonds. The van der Waals surface area contributed by atoms with E-state index in [9.17, 15) is 38.4 Å². The van der Waals surface area contributed by atoms with Crippen LogP contribution in [0, 0.1) is 0 Å². The van der Waals surface area contributed by atoms with E-state index in [0.717, 1.165) is 6.54 Å². The van der Waals surface area contributed by atoms with Crippen LogP contribution in [0.1, 0.15) is 60.8 Å². The van der Waals surface area contributed by atoms with Crippen molar-refractivity contribution in [3.8, 4) is 0 Å². The summed E-state index contributed by atoms with van der Waals surface area (Å²) in [6.07, 6.45) is 0.535. The average molecular weight is 756 g/mol. The Labute approximate surface area is 305 Å². The number of carboxylic acids is 2. The summed E-state index contributed by atoms with van der Waals surface area (Å²) in [5.74, 6) is -4.58. The maximum Gasteiger partial charge on any atom is 0.347 e. The topological polar surface area (TPSA) is 267 Å². The van der Waals surface area contributed by atoms with Crippen LogP contribution in [-0.4, -0.2) is 192 Å². The van der Waals surface area contributed by atoms with E-state index in [1.54, 1.807) is 58.9 Å². The normalized spacial score (nSPS) is 13.9. The summed E-state index contributed by atoms with van der Waals surface area (Å²) >= 11 is 0. The zero-order chi connectivity index (χ0) is 40.9. The molecule has 5 N–H and O–H groups in total. The molecule has 2 heterocycles. The number of imide groups is 2. The fraction of sp³-hybridized carbons (Fsp3) is 0.742. The van der Waals surface area contributed by atoms with Crippen molar-refractivity contribution in [2.24, 2.45) is 0 Å². The van der Waals surface area contributed by atoms with Gasteiger partial charge in [0.2, 0.25) is 5.91 Å². The van der Waals surface area contributed by atoms with Crippen molar-refractivity contribution in [1.82, 2.24) is 35.0 Å². The smallest absolute Gasteiger partial charge is 0.347 e. The largest absolute Gasteiger partial charge is 0.480 e. The maximum atomic E-state index is 11.5. The molecule has 0 radical (unpaired) electrons. The summed E-state index contributed by atoms with van der Waals surface area (Å²) < 4.78 is 0. The standard InChI is InChI=1S/C9H18N2O3.C8H12N2O4.C5H11NO2.C4H5NO3.C4H11NO2.CH4/c1-9(2,8(13)14)11(5)7(12)6-10(3)4;1-9(2)5-8(13)14-10-6(11)3-4-7(10)12;1-5(2,6-3)4(7)8;6-3-1-2-4(7)5(3)8;1-5(2)3-4-7-6;/h6H2,1-5H3,(H,13,14);3-5H2,1-2H3;6H,1-3H3,(H,7,8);8H,1-2H2;6H,3-4H2,1-2H3;1H4. The van der Waals surface area contributed by atoms with E-state index in [1.165, 1.54) is 25.8 Å². The number of carbonyl (C=O) groups excluding carboxylic acids is 6. The number of hydrogen-bond donors (Lipinski definition) is 5. The van der Waals surface area contributed by atoms with Crippen molar-refractivity contribution in [2.45, 2.75) is 71.9 Å². The first-order chi connectivity index (χ1) is 23.2. The van der Waals surface area contributed by atoms with E-state index < -0.39 is 52.6 Å². The first kappa shape index (κ1) is 54.7. The summed E-state index contributed by atoms with van der Waals surface area (Å²) in [4.78, 5) is 101. The van der Waals surface area contributed by atoms with E-state index in [-0.39, 0.29) is 57.2 Å². The van der Waals surface area contributed by atoms with Crippen molar-refractivity contribution in [3.63, 3.8) is 0 Å². The van der Waals surface area contributed by atoms with Crippen molar-refractivity contribution in [1.29, 1.82) is 0 Å². The molecular formula is C31H61N7O14. The SMILES string of the molecule is C.CN(C)CC(=O)N(C)C(C)(C)C(=O)O.CN(C)CC(=O)ON1C(=O)CCC1=O.CN(C)CCOO.CNC(C)(C)C(=O)O.O=C1CCC(=O)N1O. The zero-order valence-electron chi connectivity index (χ0n) is 31.7. The van der Waals surface area contributed by atoms with Crippen LogP contribution < -0.4 is 5.32 Å². The second-order valence-corrected chi connectivity index (χ2v) is 12.8. The molecule has 2 aliphatic heterocycles. The first-order valence-corrected chi connectivity index (χ1v) is 15.4. The third-order valence-electron chi connectivity index (χ3n) is 6.65. The van der Waals surface area contributed by atoms with Gasteiger partial charge in [-0.25, -0.2) is 14.5 Å². The molecule has 2 rings (SSSR count). The molecule has 0 unspecified atom stereocenters. The summed E-state index contributed by atoms with van der Waals surface area (Å²) in [5.41, 5.74) is -1.95. The highest BCUT2D eigenvalue weighted by Crippen LogP contribution is 2.13. The number of carbonyl (C=O) groups is 8. The van der Waals surface area contributed by atoms with Crippen LogP contribution in [0.3, 0.4) is 0 Å². The molecule has 0 spiro atoms. The molecule has 0 aromatic rings. The van der Waals surface area contributed by atoms with Gasteiger partial charge in [-0.05, 0) is 77.0 Å². The van der Waals surface area contributed by atoms with Crippen LogP contribution in [0.2, 0.25) is 0 Å². The van der Waals surface area contributed by atoms with Crippen molar-refractivity contribution in [2.75, 3.05) is 82.6 Å². The lowest BCUT2D eigenvalue weighted by atomic mass is 10.0. The minimum Gasteiger partial charge on any atom is -0.480 e. The number of hydrogen-bond acceptors (Lipinski definition) is 16. The number of likely N-dealkylation sites (N-methyl/N-ethyl adjacent to an activating group) is 5. The lowest BCUT2D eigenvalue weighted by molar-refractivity contribution is -0.243. The predicted octanol–water partition coefficient (Wildman–Crippen LogP) is -0.708. The molecule has 2 aliphatic rings. The molecule has 0 atom stereocenters. The molecule has 21 heteroatoms. The van der Waals surface area contributed by atoms with Crippen molar-refractivity contribution in [3.05, 3.63) is 0 Å². The minimum atomic E-state index is -1.16. The number of nitrogens with zero attached hydrogens (tertiary/aromatic N) is 6. The maximum absolute atomic E-state index is 11.5. The van der Waals surface area contributed by atoms with Gasteiger partial charge in [0, 0.05) is 39.3 Å². The fourth-order valence-electron chi connectivity index (χ4n) is 2.77. The van der Waals surface area contributed by atoms with Crippen LogP contribution in [0.4, 0.5) is 0 Å². The first-order valence-electron chi connectivity index (χ1n) is 15.4. The Morgan fingerprint density at radius 3 is 1.37 bits per heavy atom. The van der Waals surface area contributed by atoms with Gasteiger partial charge in [0.05, 0.1) is 19.7 Å². The molecule has 0 saturated carbocycles. The molecular weight excluding hydrogens is 694 g/mol. The van der Waals surface area contributed by atoms with Gasteiger partial charge in [0.15, 0.2) is 0 Å². The van der Waals surface area contributed by atoms with Gasteiger partial charge in [-0.3, -0.25) is 44.1 Å². The summed E-state index contributed by atoms with van der Waals surface area (Å²) in [6, 6.07) is 0. The van der Waals surface area contributed by atoms with Crippen LogP contribution >= 0.6 is 0 Å². The number of carboxylic acid groups (broad SMARTS) is 2. The van der Waals surface area contributed by atoms with Crippen LogP contribution in [-0.2, 0) is 48.1 Å². The second kappa shape index (κ2) is 26.6. The molecule has 0 aromatic heterocycles. The highest BCUT2D eigenvalue weighted by Gasteiger charge is 2.35. The molecule has 0 aliphatic carbocycles. The molecule has 21 nitrogen and oxygen atoms in total. The second-order valence-electron chi connectivity index (χ2n) is 12.8.